The van der Waals surface area contributed by atoms with Gasteiger partial charge in [-0.1, -0.05) is 5.16 Å². The number of hydrogen-bond donors (Lipinski definition) is 1. The van der Waals surface area contributed by atoms with Gasteiger partial charge in [-0.25, -0.2) is 4.39 Å². The molecule has 1 fully saturated rings. The molecule has 0 saturated carbocycles. The first-order valence-electron chi connectivity index (χ1n) is 7.81. The highest BCUT2D eigenvalue weighted by molar-refractivity contribution is 7.14. The Labute approximate surface area is 146 Å². The minimum atomic E-state index is -0.412. The number of benzene rings is 1. The van der Waals surface area contributed by atoms with Gasteiger partial charge in [-0.3, -0.25) is 4.79 Å². The molecule has 1 aromatic carbocycles. The van der Waals surface area contributed by atoms with E-state index in [0.29, 0.717) is 34.4 Å². The van der Waals surface area contributed by atoms with Crippen molar-refractivity contribution in [3.63, 3.8) is 0 Å². The predicted molar refractivity (Wildman–Crippen MR) is 90.6 cm³/mol. The van der Waals surface area contributed by atoms with Crippen LogP contribution in [0.5, 0.6) is 0 Å². The van der Waals surface area contributed by atoms with Crippen LogP contribution in [-0.2, 0) is 9.53 Å². The van der Waals surface area contributed by atoms with Crippen molar-refractivity contribution in [2.45, 2.75) is 18.9 Å². The van der Waals surface area contributed by atoms with Gasteiger partial charge in [-0.05, 0) is 48.6 Å². The Morgan fingerprint density at radius 1 is 1.28 bits per heavy atom. The van der Waals surface area contributed by atoms with Crippen LogP contribution >= 0.6 is 11.3 Å². The number of ether oxygens (including phenoxy) is 1. The molecular formula is C17H14FN3O3S. The molecule has 1 aliphatic rings. The van der Waals surface area contributed by atoms with Crippen molar-refractivity contribution in [3.8, 4) is 22.2 Å². The number of aromatic nitrogens is 2. The normalized spacial score (nSPS) is 16.9. The van der Waals surface area contributed by atoms with Gasteiger partial charge in [0.05, 0.1) is 5.69 Å². The summed E-state index contributed by atoms with van der Waals surface area (Å²) >= 11 is 1.39. The van der Waals surface area contributed by atoms with Crippen LogP contribution in [-0.4, -0.2) is 28.8 Å². The van der Waals surface area contributed by atoms with Gasteiger partial charge in [0.2, 0.25) is 5.82 Å². The molecule has 8 heteroatoms. The van der Waals surface area contributed by atoms with Crippen LogP contribution in [0.4, 0.5) is 10.1 Å². The zero-order valence-electron chi connectivity index (χ0n) is 13.1. The van der Waals surface area contributed by atoms with Gasteiger partial charge in [0.25, 0.3) is 11.8 Å². The van der Waals surface area contributed by atoms with Gasteiger partial charge < -0.3 is 14.6 Å². The summed E-state index contributed by atoms with van der Waals surface area (Å²) in [5, 5.41) is 8.62. The molecule has 1 N–H and O–H groups in total. The summed E-state index contributed by atoms with van der Waals surface area (Å²) in [7, 11) is 0. The Kier molecular flexibility index (Phi) is 4.29. The van der Waals surface area contributed by atoms with E-state index in [-0.39, 0.29) is 11.7 Å². The Morgan fingerprint density at radius 2 is 2.12 bits per heavy atom. The second-order valence-corrected chi connectivity index (χ2v) is 6.50. The van der Waals surface area contributed by atoms with Gasteiger partial charge in [0.15, 0.2) is 0 Å². The Bertz CT molecular complexity index is 885. The van der Waals surface area contributed by atoms with E-state index in [2.05, 4.69) is 15.5 Å². The first kappa shape index (κ1) is 15.9. The number of carbonyl (C=O) groups excluding carboxylic acids is 1. The Balaban J connectivity index is 1.56. The fraction of sp³-hybridized carbons (Fsp3) is 0.235. The molecule has 6 nitrogen and oxygen atoms in total. The summed E-state index contributed by atoms with van der Waals surface area (Å²) in [5.74, 6) is 0.164. The molecular weight excluding hydrogens is 345 g/mol. The number of nitrogens with one attached hydrogen (secondary N) is 1. The van der Waals surface area contributed by atoms with E-state index in [0.717, 1.165) is 12.8 Å². The maximum atomic E-state index is 13.0. The molecule has 2 aromatic heterocycles. The van der Waals surface area contributed by atoms with Crippen molar-refractivity contribution in [1.29, 1.82) is 0 Å². The lowest BCUT2D eigenvalue weighted by atomic mass is 10.2. The van der Waals surface area contributed by atoms with Crippen LogP contribution in [0.1, 0.15) is 12.8 Å². The minimum absolute atomic E-state index is 0.171. The van der Waals surface area contributed by atoms with Gasteiger partial charge in [-0.15, -0.1) is 11.3 Å². The first-order chi connectivity index (χ1) is 12.2. The van der Waals surface area contributed by atoms with Crippen molar-refractivity contribution >= 4 is 22.9 Å². The summed E-state index contributed by atoms with van der Waals surface area (Å²) in [6.45, 7) is 0.610. The van der Waals surface area contributed by atoms with Crippen LogP contribution in [0, 0.1) is 5.82 Å². The van der Waals surface area contributed by atoms with E-state index in [1.165, 1.54) is 23.5 Å². The molecule has 0 radical (unpaired) electrons. The van der Waals surface area contributed by atoms with Crippen molar-refractivity contribution in [1.82, 2.24) is 10.1 Å². The van der Waals surface area contributed by atoms with Crippen molar-refractivity contribution in [3.05, 3.63) is 41.5 Å². The Hall–Kier alpha value is -2.58. The maximum Gasteiger partial charge on any atom is 0.270 e. The summed E-state index contributed by atoms with van der Waals surface area (Å²) in [4.78, 5) is 17.2. The Morgan fingerprint density at radius 3 is 2.88 bits per heavy atom. The number of rotatable bonds is 4. The molecule has 0 spiro atoms. The van der Waals surface area contributed by atoms with Gasteiger partial charge in [0.1, 0.15) is 16.8 Å². The van der Waals surface area contributed by atoms with E-state index >= 15 is 0 Å². The van der Waals surface area contributed by atoms with Crippen LogP contribution in [0.25, 0.3) is 22.2 Å². The topological polar surface area (TPSA) is 77.3 Å². The number of halogens is 1. The highest BCUT2D eigenvalue weighted by Gasteiger charge is 2.25. The molecule has 1 amide bonds. The van der Waals surface area contributed by atoms with E-state index in [1.54, 1.807) is 18.2 Å². The van der Waals surface area contributed by atoms with Crippen molar-refractivity contribution in [2.24, 2.45) is 0 Å². The second-order valence-electron chi connectivity index (χ2n) is 5.58. The first-order valence-corrected chi connectivity index (χ1v) is 8.68. The average Bonchev–Trinajstić information content (AvgIpc) is 3.36. The third-order valence-corrected chi connectivity index (χ3v) is 4.77. The SMILES string of the molecule is O=C(Nc1ccsc1-c1nc(-c2ccc(F)cc2)no1)[C@@H]1CCCO1. The third-order valence-electron chi connectivity index (χ3n) is 3.87. The van der Waals surface area contributed by atoms with Crippen LogP contribution in [0.15, 0.2) is 40.2 Å². The molecule has 1 aliphatic heterocycles. The van der Waals surface area contributed by atoms with E-state index in [4.69, 9.17) is 9.26 Å². The molecule has 4 rings (SSSR count). The highest BCUT2D eigenvalue weighted by Crippen LogP contribution is 2.34. The molecule has 0 bridgehead atoms. The number of nitrogens with zero attached hydrogens (tertiary/aromatic N) is 2. The average molecular weight is 359 g/mol. The monoisotopic (exact) mass is 359 g/mol. The molecule has 25 heavy (non-hydrogen) atoms. The molecule has 0 aliphatic carbocycles. The molecule has 1 saturated heterocycles. The second kappa shape index (κ2) is 6.73. The quantitative estimate of drug-likeness (QED) is 0.768. The highest BCUT2D eigenvalue weighted by atomic mass is 32.1. The molecule has 3 heterocycles. The number of hydrogen-bond acceptors (Lipinski definition) is 6. The van der Waals surface area contributed by atoms with Crippen molar-refractivity contribution in [2.75, 3.05) is 11.9 Å². The summed E-state index contributed by atoms with van der Waals surface area (Å²) in [6.07, 6.45) is 1.20. The predicted octanol–water partition coefficient (Wildman–Crippen LogP) is 3.72. The summed E-state index contributed by atoms with van der Waals surface area (Å²) in [6, 6.07) is 7.62. The largest absolute Gasteiger partial charge is 0.368 e. The van der Waals surface area contributed by atoms with Gasteiger partial charge in [0, 0.05) is 12.2 Å². The minimum Gasteiger partial charge on any atom is -0.368 e. The number of thiophene rings is 1. The van der Waals surface area contributed by atoms with E-state index in [1.807, 2.05) is 5.38 Å². The van der Waals surface area contributed by atoms with Crippen LogP contribution in [0.2, 0.25) is 0 Å². The standard InChI is InChI=1S/C17H14FN3O3S/c18-11-5-3-10(4-6-11)15-20-17(24-21-15)14-12(7-9-25-14)19-16(22)13-2-1-8-23-13/h3-7,9,13H,1-2,8H2,(H,19,22)/t13-/m0/s1. The van der Waals surface area contributed by atoms with Crippen LogP contribution in [0.3, 0.4) is 0 Å². The molecule has 128 valence electrons. The number of amides is 1. The molecule has 1 atom stereocenters. The van der Waals surface area contributed by atoms with Gasteiger partial charge >= 0.3 is 0 Å². The third kappa shape index (κ3) is 3.31. The fourth-order valence-corrected chi connectivity index (χ4v) is 3.37. The van der Waals surface area contributed by atoms with Crippen LogP contribution < -0.4 is 5.32 Å². The lowest BCUT2D eigenvalue weighted by Crippen LogP contribution is -2.26. The molecule has 3 aromatic rings. The number of carbonyl (C=O) groups is 1. The lowest BCUT2D eigenvalue weighted by Gasteiger charge is -2.09. The zero-order chi connectivity index (χ0) is 17.2. The lowest BCUT2D eigenvalue weighted by molar-refractivity contribution is -0.124. The zero-order valence-corrected chi connectivity index (χ0v) is 13.9. The van der Waals surface area contributed by atoms with E-state index < -0.39 is 6.10 Å². The fourth-order valence-electron chi connectivity index (χ4n) is 2.60. The van der Waals surface area contributed by atoms with Gasteiger partial charge in [-0.2, -0.15) is 4.98 Å². The summed E-state index contributed by atoms with van der Waals surface area (Å²) < 4.78 is 23.7. The molecule has 0 unspecified atom stereocenters. The van der Waals surface area contributed by atoms with Crippen molar-refractivity contribution < 1.29 is 18.4 Å². The maximum absolute atomic E-state index is 13.0. The smallest absolute Gasteiger partial charge is 0.270 e. The summed E-state index contributed by atoms with van der Waals surface area (Å²) in [5.41, 5.74) is 1.26. The van der Waals surface area contributed by atoms with E-state index in [9.17, 15) is 9.18 Å². The number of anilines is 1.